The van der Waals surface area contributed by atoms with E-state index in [1.54, 1.807) is 33.8 Å². The molecule has 0 radical (unpaired) electrons. The van der Waals surface area contributed by atoms with Gasteiger partial charge in [0, 0.05) is 61.0 Å². The fourth-order valence-electron chi connectivity index (χ4n) is 12.7. The molecule has 5 heterocycles. The summed E-state index contributed by atoms with van der Waals surface area (Å²) in [6.45, 7) is 6.79. The smallest absolute Gasteiger partial charge is 0.366 e. The molecule has 17 heteroatoms. The van der Waals surface area contributed by atoms with Gasteiger partial charge in [-0.1, -0.05) is 13.0 Å². The van der Waals surface area contributed by atoms with Crippen LogP contribution in [0.4, 0.5) is 0 Å². The fourth-order valence-corrected chi connectivity index (χ4v) is 12.7. The highest BCUT2D eigenvalue weighted by Gasteiger charge is 2.95. The Bertz CT molecular complexity index is 1670. The molecule has 0 aromatic rings. The van der Waals surface area contributed by atoms with Crippen molar-refractivity contribution in [2.45, 2.75) is 120 Å². The molecular weight excluding hydrogens is 704 g/mol. The van der Waals surface area contributed by atoms with Gasteiger partial charge in [-0.3, -0.25) is 9.59 Å². The third-order valence-corrected chi connectivity index (χ3v) is 14.8. The highest BCUT2D eigenvalue weighted by molar-refractivity contribution is 5.88. The molecule has 1 spiro atoms. The molecule has 53 heavy (non-hydrogen) atoms. The van der Waals surface area contributed by atoms with Gasteiger partial charge in [0.2, 0.25) is 0 Å². The monoisotopic (exact) mass is 752 g/mol. The van der Waals surface area contributed by atoms with Crippen LogP contribution in [0.15, 0.2) is 11.6 Å². The Morgan fingerprint density at radius 1 is 0.887 bits per heavy atom. The highest BCUT2D eigenvalue weighted by atomic mass is 16.8. The SMILES string of the molecule is C/C=C(\C)C(=O)O[C@H]1C[C@@H](OC(C)=O)[C@@]2(C(=O)OC)CO[C@H]3[C@H]4O[C@]5(C)[C@H]6C[C@H](O[C@@H]7OC(OC)C[C@@]76O)[C@]5(O)[C@@]4(C)[C@H]4[C@]1(CO[C@]4(O)C(=O)OC)[C@@H]32. The molecule has 17 nitrogen and oxygen atoms in total. The van der Waals surface area contributed by atoms with Gasteiger partial charge in [-0.2, -0.15) is 0 Å². The van der Waals surface area contributed by atoms with Crippen LogP contribution in [-0.4, -0.2) is 139 Å². The van der Waals surface area contributed by atoms with Gasteiger partial charge in [0.15, 0.2) is 12.6 Å². The van der Waals surface area contributed by atoms with Crippen molar-refractivity contribution in [2.75, 3.05) is 34.5 Å². The lowest BCUT2D eigenvalue weighted by Gasteiger charge is -2.65. The molecular formula is C36H48O17. The lowest BCUT2D eigenvalue weighted by molar-refractivity contribution is -0.322. The lowest BCUT2D eigenvalue weighted by atomic mass is 9.37. The first kappa shape index (κ1) is 37.2. The van der Waals surface area contributed by atoms with Gasteiger partial charge in [0.05, 0.1) is 45.7 Å². The van der Waals surface area contributed by atoms with Crippen LogP contribution in [0.25, 0.3) is 0 Å². The summed E-state index contributed by atoms with van der Waals surface area (Å²) in [5.41, 5.74) is -10.6. The van der Waals surface area contributed by atoms with E-state index in [4.69, 9.17) is 47.4 Å². The first-order chi connectivity index (χ1) is 24.9. The molecule has 0 aromatic carbocycles. The molecule has 17 atom stereocenters. The zero-order chi connectivity index (χ0) is 38.5. The predicted molar refractivity (Wildman–Crippen MR) is 171 cm³/mol. The summed E-state index contributed by atoms with van der Waals surface area (Å²) in [4.78, 5) is 54.7. The molecule has 3 saturated carbocycles. The van der Waals surface area contributed by atoms with E-state index in [0.29, 0.717) is 0 Å². The van der Waals surface area contributed by atoms with Crippen LogP contribution in [0, 0.1) is 34.0 Å². The van der Waals surface area contributed by atoms with Crippen molar-refractivity contribution in [1.82, 2.24) is 0 Å². The third kappa shape index (κ3) is 3.98. The van der Waals surface area contributed by atoms with Crippen molar-refractivity contribution in [2.24, 2.45) is 34.0 Å². The molecule has 294 valence electrons. The number of ether oxygens (including phenoxy) is 10. The summed E-state index contributed by atoms with van der Waals surface area (Å²) < 4.78 is 60.4. The second-order valence-corrected chi connectivity index (χ2v) is 16.4. The molecule has 3 N–H and O–H groups in total. The lowest BCUT2D eigenvalue weighted by Crippen LogP contribution is -2.79. The van der Waals surface area contributed by atoms with E-state index in [2.05, 4.69) is 0 Å². The Balaban J connectivity index is 1.40. The van der Waals surface area contributed by atoms with Gasteiger partial charge in [-0.15, -0.1) is 0 Å². The van der Waals surface area contributed by atoms with Crippen LogP contribution in [0.5, 0.6) is 0 Å². The van der Waals surface area contributed by atoms with E-state index in [1.807, 2.05) is 0 Å². The van der Waals surface area contributed by atoms with E-state index in [-0.39, 0.29) is 31.4 Å². The minimum atomic E-state index is -2.84. The summed E-state index contributed by atoms with van der Waals surface area (Å²) in [6.07, 6.45) is -6.81. The second kappa shape index (κ2) is 11.4. The van der Waals surface area contributed by atoms with Crippen molar-refractivity contribution < 1.29 is 81.9 Å². The maximum atomic E-state index is 14.3. The van der Waals surface area contributed by atoms with Gasteiger partial charge < -0.3 is 62.7 Å². The maximum Gasteiger partial charge on any atom is 0.366 e. The average Bonchev–Trinajstić information content (AvgIpc) is 3.87. The summed E-state index contributed by atoms with van der Waals surface area (Å²) in [6, 6.07) is 0. The molecule has 5 aliphatic heterocycles. The van der Waals surface area contributed by atoms with E-state index in [9.17, 15) is 34.5 Å². The van der Waals surface area contributed by atoms with Crippen molar-refractivity contribution in [1.29, 1.82) is 0 Å². The van der Waals surface area contributed by atoms with E-state index >= 15 is 0 Å². The summed E-state index contributed by atoms with van der Waals surface area (Å²) in [5, 5.41) is 38.7. The Morgan fingerprint density at radius 3 is 2.21 bits per heavy atom. The van der Waals surface area contributed by atoms with Gasteiger partial charge in [0.25, 0.3) is 5.79 Å². The molecule has 2 bridgehead atoms. The number of hydrogen-bond acceptors (Lipinski definition) is 17. The zero-order valence-corrected chi connectivity index (χ0v) is 30.9. The van der Waals surface area contributed by atoms with Gasteiger partial charge in [-0.05, 0) is 27.2 Å². The van der Waals surface area contributed by atoms with Crippen molar-refractivity contribution in [3.05, 3.63) is 11.6 Å². The zero-order valence-electron chi connectivity index (χ0n) is 30.9. The summed E-state index contributed by atoms with van der Waals surface area (Å²) >= 11 is 0. The molecule has 0 aromatic heterocycles. The first-order valence-electron chi connectivity index (χ1n) is 18.0. The molecule has 0 amide bonds. The number of hydrogen-bond donors (Lipinski definition) is 3. The van der Waals surface area contributed by atoms with Gasteiger partial charge >= 0.3 is 23.9 Å². The number of carbonyl (C=O) groups is 4. The molecule has 3 aliphatic carbocycles. The number of carbonyl (C=O) groups excluding carboxylic acids is 4. The normalized spacial score (nSPS) is 54.2. The van der Waals surface area contributed by atoms with Crippen LogP contribution < -0.4 is 0 Å². The standard InChI is InChI=1S/C36H48O17/c1-9-15(2)25(38)50-18-11-19(49-16(3)37)33(27(39)45-7)13-47-22-23(33)32(18)14-48-35(42,28(40)46-8)26(32)30(4)24(22)53-31(5)17-10-20(36(30,31)43)51-29-34(17,41)12-21(44-6)52-29/h9,17-24,26,29,41-43H,10-14H2,1-8H3/b15-9+/t17-,18+,19-,20+,21?,22-,23-,24-,26+,29-,30-,31-,32+,33+,34+,35+,36+/m1/s1. The highest BCUT2D eigenvalue weighted by Crippen LogP contribution is 2.81. The number of esters is 4. The van der Waals surface area contributed by atoms with E-state index in [0.717, 1.165) is 7.11 Å². The van der Waals surface area contributed by atoms with Crippen LogP contribution >= 0.6 is 0 Å². The van der Waals surface area contributed by atoms with Gasteiger partial charge in [-0.25, -0.2) is 9.59 Å². The van der Waals surface area contributed by atoms with E-state index in [1.165, 1.54) is 21.1 Å². The predicted octanol–water partition coefficient (Wildman–Crippen LogP) is -0.354. The number of allylic oxidation sites excluding steroid dienone is 1. The van der Waals surface area contributed by atoms with Crippen LogP contribution in [0.3, 0.4) is 0 Å². The molecule has 8 rings (SSSR count). The van der Waals surface area contributed by atoms with Crippen LogP contribution in [-0.2, 0) is 66.5 Å². The van der Waals surface area contributed by atoms with Crippen LogP contribution in [0.1, 0.15) is 53.9 Å². The minimum absolute atomic E-state index is 0.00899. The summed E-state index contributed by atoms with van der Waals surface area (Å²) in [5.74, 6) is -9.94. The number of methoxy groups -OCH3 is 3. The maximum absolute atomic E-state index is 14.3. The first-order valence-corrected chi connectivity index (χ1v) is 18.0. The van der Waals surface area contributed by atoms with Crippen molar-refractivity contribution >= 4 is 23.9 Å². The molecule has 8 aliphatic rings. The summed E-state index contributed by atoms with van der Waals surface area (Å²) in [7, 11) is 3.68. The number of aliphatic hydroxyl groups is 3. The van der Waals surface area contributed by atoms with Crippen molar-refractivity contribution in [3.8, 4) is 0 Å². The topological polar surface area (TPSA) is 221 Å². The molecule has 1 unspecified atom stereocenters. The quantitative estimate of drug-likeness (QED) is 0.179. The molecule has 8 fully saturated rings. The Labute approximate surface area is 305 Å². The Hall–Kier alpha value is -2.74. The fraction of sp³-hybridized carbons (Fsp3) is 0.833. The number of rotatable bonds is 6. The second-order valence-electron chi connectivity index (χ2n) is 16.4. The van der Waals surface area contributed by atoms with E-state index < -0.39 is 130 Å². The largest absolute Gasteiger partial charge is 0.468 e. The van der Waals surface area contributed by atoms with Gasteiger partial charge in [0.1, 0.15) is 34.4 Å². The average molecular weight is 753 g/mol. The van der Waals surface area contributed by atoms with Crippen molar-refractivity contribution in [3.63, 3.8) is 0 Å². The minimum Gasteiger partial charge on any atom is -0.468 e. The molecule has 5 saturated heterocycles. The Morgan fingerprint density at radius 2 is 1.58 bits per heavy atom. The third-order valence-electron chi connectivity index (χ3n) is 14.8. The number of fused-ring (bicyclic) bond motifs is 11. The Kier molecular flexibility index (Phi) is 8.01. The van der Waals surface area contributed by atoms with Crippen LogP contribution in [0.2, 0.25) is 0 Å².